The molecule has 0 spiro atoms. The highest BCUT2D eigenvalue weighted by molar-refractivity contribution is 5.76. The second-order valence-electron chi connectivity index (χ2n) is 7.56. The lowest BCUT2D eigenvalue weighted by Gasteiger charge is -2.36. The Morgan fingerprint density at radius 1 is 1.11 bits per heavy atom. The smallest absolute Gasteiger partial charge is 0.250 e. The van der Waals surface area contributed by atoms with Crippen LogP contribution in [0.25, 0.3) is 0 Å². The number of pyridine rings is 1. The largest absolute Gasteiger partial charge is 0.336 e. The number of rotatable bonds is 6. The average molecular weight is 367 g/mol. The number of nitrogens with zero attached hydrogens (tertiary/aromatic N) is 3. The fraction of sp³-hybridized carbons (Fsp3) is 0.455. The first-order chi connectivity index (χ1) is 13.0. The van der Waals surface area contributed by atoms with Crippen LogP contribution >= 0.6 is 0 Å². The molecule has 1 aromatic heterocycles. The first kappa shape index (κ1) is 19.4. The maximum atomic E-state index is 12.9. The van der Waals surface area contributed by atoms with Crippen molar-refractivity contribution in [3.8, 4) is 0 Å². The van der Waals surface area contributed by atoms with Gasteiger partial charge in [-0.3, -0.25) is 9.59 Å². The van der Waals surface area contributed by atoms with Gasteiger partial charge in [-0.1, -0.05) is 30.3 Å². The van der Waals surface area contributed by atoms with Crippen LogP contribution in [0.5, 0.6) is 0 Å². The van der Waals surface area contributed by atoms with E-state index in [9.17, 15) is 9.59 Å². The van der Waals surface area contributed by atoms with Crippen LogP contribution in [0.1, 0.15) is 42.9 Å². The van der Waals surface area contributed by atoms with Gasteiger partial charge in [-0.05, 0) is 50.6 Å². The van der Waals surface area contributed by atoms with Gasteiger partial charge in [0, 0.05) is 38.3 Å². The first-order valence-electron chi connectivity index (χ1n) is 9.73. The normalized spacial score (nSPS) is 17.3. The molecule has 1 fully saturated rings. The summed E-state index contributed by atoms with van der Waals surface area (Å²) in [5.74, 6) is 0.132. The van der Waals surface area contributed by atoms with Gasteiger partial charge in [0.2, 0.25) is 5.91 Å². The van der Waals surface area contributed by atoms with Gasteiger partial charge in [0.1, 0.15) is 0 Å². The van der Waals surface area contributed by atoms with Gasteiger partial charge in [-0.25, -0.2) is 0 Å². The van der Waals surface area contributed by atoms with E-state index < -0.39 is 0 Å². The first-order valence-corrected chi connectivity index (χ1v) is 9.73. The minimum atomic E-state index is -0.0584. The molecule has 0 N–H and O–H groups in total. The lowest BCUT2D eigenvalue weighted by molar-refractivity contribution is -0.135. The van der Waals surface area contributed by atoms with E-state index in [0.29, 0.717) is 13.0 Å². The van der Waals surface area contributed by atoms with Crippen molar-refractivity contribution in [1.29, 1.82) is 0 Å². The predicted molar refractivity (Wildman–Crippen MR) is 107 cm³/mol. The summed E-state index contributed by atoms with van der Waals surface area (Å²) in [6.07, 6.45) is 5.30. The van der Waals surface area contributed by atoms with E-state index in [1.807, 2.05) is 11.0 Å². The number of hydrogen-bond donors (Lipinski definition) is 0. The molecule has 0 unspecified atom stereocenters. The number of aryl methyl sites for hydroxylation is 1. The number of piperidine rings is 1. The molecule has 0 saturated carbocycles. The number of hydrogen-bond acceptors (Lipinski definition) is 3. The number of amides is 1. The lowest BCUT2D eigenvalue weighted by Crippen LogP contribution is -2.39. The molecule has 1 amide bonds. The molecule has 3 rings (SSSR count). The topological polar surface area (TPSA) is 45.5 Å². The highest BCUT2D eigenvalue weighted by Crippen LogP contribution is 2.31. The van der Waals surface area contributed by atoms with Crippen LogP contribution in [-0.2, 0) is 17.9 Å². The Balaban J connectivity index is 1.68. The van der Waals surface area contributed by atoms with E-state index in [-0.39, 0.29) is 17.5 Å². The molecule has 1 aliphatic rings. The van der Waals surface area contributed by atoms with Crippen LogP contribution in [0.4, 0.5) is 0 Å². The summed E-state index contributed by atoms with van der Waals surface area (Å²) in [4.78, 5) is 28.9. The molecule has 144 valence electrons. The van der Waals surface area contributed by atoms with Crippen LogP contribution in [-0.4, -0.2) is 40.9 Å². The summed E-state index contributed by atoms with van der Waals surface area (Å²) < 4.78 is 1.60. The summed E-state index contributed by atoms with van der Waals surface area (Å²) in [6, 6.07) is 13.9. The van der Waals surface area contributed by atoms with Gasteiger partial charge >= 0.3 is 0 Å². The van der Waals surface area contributed by atoms with Gasteiger partial charge in [-0.15, -0.1) is 0 Å². The fourth-order valence-corrected chi connectivity index (χ4v) is 3.79. The number of carbonyl (C=O) groups is 1. The third kappa shape index (κ3) is 5.07. The van der Waals surface area contributed by atoms with E-state index in [1.54, 1.807) is 16.8 Å². The minimum absolute atomic E-state index is 0.0584. The minimum Gasteiger partial charge on any atom is -0.336 e. The standard InChI is InChI=1S/C22H29N3O2/c1-23(2)17-18-9-11-19(12-10-18)20-7-3-6-15-25(20)22(27)13-16-24-14-5-4-8-21(24)26/h4-5,8-12,14,20H,3,6-7,13,15-17H2,1-2H3/t20-/m1/s1. The van der Waals surface area contributed by atoms with E-state index >= 15 is 0 Å². The number of carbonyl (C=O) groups excluding carboxylic acids is 1. The third-order valence-electron chi connectivity index (χ3n) is 5.15. The van der Waals surface area contributed by atoms with Crippen molar-refractivity contribution in [3.05, 3.63) is 70.1 Å². The molecule has 0 bridgehead atoms. The zero-order chi connectivity index (χ0) is 19.2. The van der Waals surface area contributed by atoms with E-state index in [0.717, 1.165) is 32.4 Å². The van der Waals surface area contributed by atoms with E-state index in [1.165, 1.54) is 17.2 Å². The predicted octanol–water partition coefficient (Wildman–Crippen LogP) is 3.05. The average Bonchev–Trinajstić information content (AvgIpc) is 2.67. The SMILES string of the molecule is CN(C)Cc1ccc([C@H]2CCCCN2C(=O)CCn2ccccc2=O)cc1. The number of aromatic nitrogens is 1. The van der Waals surface area contributed by atoms with E-state index in [4.69, 9.17) is 0 Å². The van der Waals surface area contributed by atoms with Gasteiger partial charge in [0.05, 0.1) is 6.04 Å². The molecule has 2 heterocycles. The Morgan fingerprint density at radius 2 is 1.89 bits per heavy atom. The fourth-order valence-electron chi connectivity index (χ4n) is 3.79. The van der Waals surface area contributed by atoms with Crippen LogP contribution in [0.2, 0.25) is 0 Å². The quantitative estimate of drug-likeness (QED) is 0.788. The Bertz CT molecular complexity index is 811. The Morgan fingerprint density at radius 3 is 2.59 bits per heavy atom. The summed E-state index contributed by atoms with van der Waals surface area (Å²) in [7, 11) is 4.13. The monoisotopic (exact) mass is 367 g/mol. The molecule has 1 aromatic carbocycles. The molecule has 2 aromatic rings. The van der Waals surface area contributed by atoms with E-state index in [2.05, 4.69) is 43.3 Å². The lowest BCUT2D eigenvalue weighted by atomic mass is 9.94. The van der Waals surface area contributed by atoms with Gasteiger partial charge in [-0.2, -0.15) is 0 Å². The Kier molecular flexibility index (Phi) is 6.45. The van der Waals surface area contributed by atoms with Crippen molar-refractivity contribution in [3.63, 3.8) is 0 Å². The molecule has 5 nitrogen and oxygen atoms in total. The molecule has 1 aliphatic heterocycles. The van der Waals surface area contributed by atoms with Gasteiger partial charge in [0.15, 0.2) is 0 Å². The van der Waals surface area contributed by atoms with Crippen LogP contribution in [0.15, 0.2) is 53.5 Å². The van der Waals surface area contributed by atoms with Crippen LogP contribution in [0.3, 0.4) is 0 Å². The highest BCUT2D eigenvalue weighted by atomic mass is 16.2. The zero-order valence-corrected chi connectivity index (χ0v) is 16.3. The van der Waals surface area contributed by atoms with Crippen molar-refractivity contribution >= 4 is 5.91 Å². The maximum absolute atomic E-state index is 12.9. The molecule has 5 heteroatoms. The van der Waals surface area contributed by atoms with Gasteiger partial charge in [0.25, 0.3) is 5.56 Å². The summed E-state index contributed by atoms with van der Waals surface area (Å²) in [5.41, 5.74) is 2.43. The summed E-state index contributed by atoms with van der Waals surface area (Å²) in [5, 5.41) is 0. The van der Waals surface area contributed by atoms with Crippen molar-refractivity contribution < 1.29 is 4.79 Å². The van der Waals surface area contributed by atoms with Crippen LogP contribution in [0, 0.1) is 0 Å². The molecular formula is C22H29N3O2. The third-order valence-corrected chi connectivity index (χ3v) is 5.15. The molecule has 0 aliphatic carbocycles. The number of benzene rings is 1. The van der Waals surface area contributed by atoms with Gasteiger partial charge < -0.3 is 14.4 Å². The van der Waals surface area contributed by atoms with Crippen molar-refractivity contribution in [2.24, 2.45) is 0 Å². The Hall–Kier alpha value is -2.40. The van der Waals surface area contributed by atoms with Crippen molar-refractivity contribution in [2.75, 3.05) is 20.6 Å². The maximum Gasteiger partial charge on any atom is 0.250 e. The second kappa shape index (κ2) is 9.00. The Labute approximate surface area is 161 Å². The highest BCUT2D eigenvalue weighted by Gasteiger charge is 2.27. The molecule has 1 saturated heterocycles. The summed E-state index contributed by atoms with van der Waals surface area (Å²) in [6.45, 7) is 2.15. The molecular weight excluding hydrogens is 338 g/mol. The summed E-state index contributed by atoms with van der Waals surface area (Å²) >= 11 is 0. The molecule has 27 heavy (non-hydrogen) atoms. The van der Waals surface area contributed by atoms with Crippen molar-refractivity contribution in [1.82, 2.24) is 14.4 Å². The number of likely N-dealkylation sites (tertiary alicyclic amines) is 1. The van der Waals surface area contributed by atoms with Crippen molar-refractivity contribution in [2.45, 2.75) is 44.8 Å². The second-order valence-corrected chi connectivity index (χ2v) is 7.56. The molecule has 1 atom stereocenters. The molecule has 0 radical (unpaired) electrons. The van der Waals surface area contributed by atoms with Crippen LogP contribution < -0.4 is 5.56 Å². The zero-order valence-electron chi connectivity index (χ0n) is 16.3.